The number of nitrogens with zero attached hydrogens (tertiary/aromatic N) is 1. The number of thiophene rings is 1. The number of hydrogen-bond acceptors (Lipinski definition) is 4. The zero-order valence-corrected chi connectivity index (χ0v) is 45.8. The molecule has 0 unspecified atom stereocenters. The minimum atomic E-state index is -0.00152. The molecule has 3 nitrogen and oxygen atoms in total. The van der Waals surface area contributed by atoms with Crippen LogP contribution in [-0.4, -0.2) is 7.28 Å². The summed E-state index contributed by atoms with van der Waals surface area (Å²) in [7, 11) is 2.55. The smallest absolute Gasteiger partial charge is 0.200 e. The lowest BCUT2D eigenvalue weighted by Crippen LogP contribution is -2.42. The number of fused-ring (bicyclic) bond motifs is 13. The van der Waals surface area contributed by atoms with Gasteiger partial charge in [0, 0.05) is 53.9 Å². The van der Waals surface area contributed by atoms with Crippen LogP contribution in [0, 0.1) is 6.92 Å². The van der Waals surface area contributed by atoms with Crippen LogP contribution < -0.4 is 21.1 Å². The van der Waals surface area contributed by atoms with Gasteiger partial charge in [0.05, 0.1) is 5.69 Å². The van der Waals surface area contributed by atoms with Crippen LogP contribution >= 0.6 is 11.3 Å². The first-order valence-corrected chi connectivity index (χ1v) is 27.7. The zero-order chi connectivity index (χ0) is 50.2. The molecule has 0 bridgehead atoms. The molecule has 72 heavy (non-hydrogen) atoms. The van der Waals surface area contributed by atoms with E-state index in [-0.39, 0.29) is 32.5 Å². The molecule has 13 rings (SSSR count). The second-order valence-corrected chi connectivity index (χ2v) is 27.5. The highest BCUT2D eigenvalue weighted by molar-refractivity contribution is 7.27. The molecule has 0 saturated heterocycles. The molecule has 363 valence electrons. The molecule has 3 heterocycles. The van der Waals surface area contributed by atoms with E-state index in [9.17, 15) is 0 Å². The largest absolute Gasteiger partial charge is 0.454 e. The van der Waals surface area contributed by atoms with Crippen molar-refractivity contribution in [3.8, 4) is 11.1 Å². The highest BCUT2D eigenvalue weighted by Gasteiger charge is 2.43. The summed E-state index contributed by atoms with van der Waals surface area (Å²) in [5.74, 6) is 0. The van der Waals surface area contributed by atoms with Gasteiger partial charge in [-0.15, -0.1) is 11.3 Å². The molecule has 1 aliphatic heterocycles. The van der Waals surface area contributed by atoms with Gasteiger partial charge in [0.25, 0.3) is 0 Å². The molecular weight excluding hydrogens is 892 g/mol. The Morgan fingerprint density at radius 3 is 1.74 bits per heavy atom. The van der Waals surface area contributed by atoms with E-state index in [2.05, 4.69) is 217 Å². The lowest BCUT2D eigenvalue weighted by Gasteiger charge is -2.44. The van der Waals surface area contributed by atoms with Crippen LogP contribution in [0.4, 0.5) is 28.4 Å². The fraction of sp³-hybridized carbons (Fsp3) is 0.373. The van der Waals surface area contributed by atoms with Gasteiger partial charge in [-0.1, -0.05) is 138 Å². The fourth-order valence-corrected chi connectivity index (χ4v) is 15.0. The number of rotatable bonds is 4. The van der Waals surface area contributed by atoms with Crippen LogP contribution in [0.2, 0.25) is 0 Å². The van der Waals surface area contributed by atoms with Crippen LogP contribution in [0.1, 0.15) is 161 Å². The number of benzene rings is 7. The third-order valence-corrected chi connectivity index (χ3v) is 20.0. The third-order valence-electron chi connectivity index (χ3n) is 18.8. The Labute approximate surface area is 432 Å². The SMILES string of the molecule is Cc1cc2c(cc1N1c3ccc4c(sc5ccccc54)c3[B]c3c(-c4cc5c(cc4Nc4ccc6c(c4)C(C)(C)CCC6(C)C)C(C)(C)CCC5(C)C)cc4c(oc5ccccc54)c31)C(C)(C)CCC2(C)C. The highest BCUT2D eigenvalue weighted by atomic mass is 32.1. The molecule has 1 N–H and O–H groups in total. The van der Waals surface area contributed by atoms with Gasteiger partial charge in [-0.25, -0.2) is 0 Å². The number of aryl methyl sites for hydroxylation is 1. The van der Waals surface area contributed by atoms with E-state index in [0.717, 1.165) is 58.3 Å². The maximum Gasteiger partial charge on any atom is 0.200 e. The van der Waals surface area contributed by atoms with Gasteiger partial charge < -0.3 is 14.6 Å². The highest BCUT2D eigenvalue weighted by Crippen LogP contribution is 2.55. The molecule has 2 aromatic heterocycles. The fourth-order valence-electron chi connectivity index (χ4n) is 13.8. The minimum Gasteiger partial charge on any atom is -0.454 e. The van der Waals surface area contributed by atoms with E-state index in [1.54, 1.807) is 0 Å². The first-order chi connectivity index (χ1) is 34.0. The standard InChI is InChI=1S/C67H70BN2OS/c1-38-32-47-51(67(12,13)31-28-63(47,4)5)37-54(38)70-53-25-23-42-41-19-15-17-21-56(41)72-61(42)58(53)68-57-44(34-45-40-18-14-16-20-55(40)71-60(45)59(57)70)43-35-49-50(66(10,11)30-29-65(49,8)9)36-52(43)69-39-22-24-46-48(33-39)64(6,7)27-26-62(46,2)3/h14-25,32-37,69H,26-31H2,1-13H3. The second-order valence-electron chi connectivity index (χ2n) is 26.4. The molecule has 0 saturated carbocycles. The Kier molecular flexibility index (Phi) is 9.69. The van der Waals surface area contributed by atoms with Crippen molar-refractivity contribution in [2.24, 2.45) is 0 Å². The first kappa shape index (κ1) is 46.0. The number of anilines is 5. The number of hydrogen-bond donors (Lipinski definition) is 1. The summed E-state index contributed by atoms with van der Waals surface area (Å²) in [5.41, 5.74) is 23.0. The lowest BCUT2D eigenvalue weighted by molar-refractivity contribution is 0.332. The molecule has 0 atom stereocenters. The quantitative estimate of drug-likeness (QED) is 0.178. The summed E-state index contributed by atoms with van der Waals surface area (Å²) < 4.78 is 9.90. The Hall–Kier alpha value is -5.78. The number of para-hydroxylation sites is 1. The van der Waals surface area contributed by atoms with Gasteiger partial charge >= 0.3 is 0 Å². The Bertz CT molecular complexity index is 3800. The Balaban J connectivity index is 1.15. The van der Waals surface area contributed by atoms with Gasteiger partial charge in [0.1, 0.15) is 5.58 Å². The van der Waals surface area contributed by atoms with Gasteiger partial charge in [0.15, 0.2) is 12.9 Å². The van der Waals surface area contributed by atoms with E-state index in [0.29, 0.717) is 0 Å². The van der Waals surface area contributed by atoms with Crippen LogP contribution in [0.5, 0.6) is 0 Å². The van der Waals surface area contributed by atoms with Gasteiger partial charge in [-0.3, -0.25) is 0 Å². The second kappa shape index (κ2) is 15.2. The van der Waals surface area contributed by atoms with Gasteiger partial charge in [-0.05, 0) is 193 Å². The Morgan fingerprint density at radius 2 is 1.06 bits per heavy atom. The summed E-state index contributed by atoms with van der Waals surface area (Å²) in [6.45, 7) is 31.7. The first-order valence-electron chi connectivity index (χ1n) is 26.9. The van der Waals surface area contributed by atoms with Crippen molar-refractivity contribution in [2.45, 2.75) is 161 Å². The van der Waals surface area contributed by atoms with Crippen LogP contribution in [-0.2, 0) is 32.5 Å². The maximum absolute atomic E-state index is 7.26. The van der Waals surface area contributed by atoms with E-state index >= 15 is 0 Å². The molecular formula is C67H70BN2OS. The van der Waals surface area contributed by atoms with Crippen LogP contribution in [0.15, 0.2) is 114 Å². The van der Waals surface area contributed by atoms with Crippen molar-refractivity contribution < 1.29 is 4.42 Å². The molecule has 0 spiro atoms. The minimum absolute atomic E-state index is 0.00152. The molecule has 9 aromatic rings. The summed E-state index contributed by atoms with van der Waals surface area (Å²) >= 11 is 1.92. The molecule has 7 aromatic carbocycles. The normalized spacial score (nSPS) is 19.6. The molecule has 4 aliphatic rings. The third kappa shape index (κ3) is 6.74. The summed E-state index contributed by atoms with van der Waals surface area (Å²) in [6, 6.07) is 42.5. The summed E-state index contributed by atoms with van der Waals surface area (Å²) in [5, 5.41) is 9.11. The van der Waals surface area contributed by atoms with Gasteiger partial charge in [0.2, 0.25) is 0 Å². The van der Waals surface area contributed by atoms with E-state index in [1.165, 1.54) is 112 Å². The molecule has 3 aliphatic carbocycles. The van der Waals surface area contributed by atoms with E-state index in [4.69, 9.17) is 4.42 Å². The van der Waals surface area contributed by atoms with Crippen molar-refractivity contribution in [3.63, 3.8) is 0 Å². The monoisotopic (exact) mass is 962 g/mol. The van der Waals surface area contributed by atoms with E-state index < -0.39 is 0 Å². The predicted octanol–water partition coefficient (Wildman–Crippen LogP) is 18.2. The predicted molar refractivity (Wildman–Crippen MR) is 312 cm³/mol. The topological polar surface area (TPSA) is 28.4 Å². The zero-order valence-electron chi connectivity index (χ0n) is 45.0. The Morgan fingerprint density at radius 1 is 0.486 bits per heavy atom. The van der Waals surface area contributed by atoms with Gasteiger partial charge in [-0.2, -0.15) is 0 Å². The van der Waals surface area contributed by atoms with Crippen LogP contribution in [0.3, 0.4) is 0 Å². The average molecular weight is 962 g/mol. The van der Waals surface area contributed by atoms with E-state index in [1.807, 2.05) is 11.3 Å². The molecule has 5 heteroatoms. The summed E-state index contributed by atoms with van der Waals surface area (Å²) in [6.07, 6.45) is 6.98. The van der Waals surface area contributed by atoms with Crippen molar-refractivity contribution in [1.82, 2.24) is 0 Å². The lowest BCUT2D eigenvalue weighted by atomic mass is 9.57. The van der Waals surface area contributed by atoms with Crippen molar-refractivity contribution in [1.29, 1.82) is 0 Å². The average Bonchev–Trinajstić information content (AvgIpc) is 3.91. The summed E-state index contributed by atoms with van der Waals surface area (Å²) in [4.78, 5) is 2.63. The molecule has 0 fully saturated rings. The van der Waals surface area contributed by atoms with Crippen LogP contribution in [0.25, 0.3) is 53.2 Å². The van der Waals surface area contributed by atoms with Crippen molar-refractivity contribution >= 4 is 100 Å². The van der Waals surface area contributed by atoms with Crippen molar-refractivity contribution in [2.75, 3.05) is 10.2 Å². The number of furan rings is 1. The maximum atomic E-state index is 7.26. The number of nitrogens with one attached hydrogen (secondary N) is 1. The molecule has 1 radical (unpaired) electrons. The molecule has 0 amide bonds. The van der Waals surface area contributed by atoms with Crippen molar-refractivity contribution in [3.05, 3.63) is 148 Å².